The molecule has 0 radical (unpaired) electrons. The van der Waals surface area contributed by atoms with Crippen molar-refractivity contribution in [2.45, 2.75) is 17.7 Å². The molecule has 0 aromatic heterocycles. The molecule has 144 valence electrons. The van der Waals surface area contributed by atoms with Crippen LogP contribution in [0.25, 0.3) is 0 Å². The molecule has 2 aromatic rings. The van der Waals surface area contributed by atoms with E-state index in [0.717, 1.165) is 36.1 Å². The summed E-state index contributed by atoms with van der Waals surface area (Å²) in [6.45, 7) is 1.92. The van der Waals surface area contributed by atoms with Crippen molar-refractivity contribution in [3.8, 4) is 0 Å². The monoisotopic (exact) mass is 389 g/mol. The molecule has 0 spiro atoms. The number of hydroxylamine groups is 1. The van der Waals surface area contributed by atoms with Crippen LogP contribution in [0, 0.1) is 0 Å². The number of hydrogen-bond donors (Lipinski definition) is 1. The largest absolute Gasteiger partial charge is 0.370 e. The molecule has 27 heavy (non-hydrogen) atoms. The van der Waals surface area contributed by atoms with Gasteiger partial charge >= 0.3 is 0 Å². The fourth-order valence-electron chi connectivity index (χ4n) is 3.05. The average Bonchev–Trinajstić information content (AvgIpc) is 3.22. The van der Waals surface area contributed by atoms with Gasteiger partial charge in [-0.1, -0.05) is 22.7 Å². The number of nitrogens with one attached hydrogen (secondary N) is 1. The first kappa shape index (κ1) is 19.3. The summed E-state index contributed by atoms with van der Waals surface area (Å²) in [7, 11) is -1.25. The average molecular weight is 389 g/mol. The molecule has 0 atom stereocenters. The van der Waals surface area contributed by atoms with Crippen LogP contribution in [-0.2, 0) is 14.9 Å². The Labute approximate surface area is 159 Å². The molecule has 8 heteroatoms. The van der Waals surface area contributed by atoms with Gasteiger partial charge in [-0.05, 0) is 43.2 Å². The zero-order valence-corrected chi connectivity index (χ0v) is 16.2. The van der Waals surface area contributed by atoms with Crippen molar-refractivity contribution in [1.29, 1.82) is 0 Å². The van der Waals surface area contributed by atoms with Crippen molar-refractivity contribution in [1.82, 2.24) is 4.47 Å². The molecular formula is C19H23N3O4S. The molecule has 2 aromatic carbocycles. The topological polar surface area (TPSA) is 78.9 Å². The van der Waals surface area contributed by atoms with Crippen molar-refractivity contribution in [3.05, 3.63) is 54.1 Å². The van der Waals surface area contributed by atoms with Crippen LogP contribution in [0.2, 0.25) is 0 Å². The zero-order valence-electron chi connectivity index (χ0n) is 15.4. The number of sulfonamides is 1. The molecule has 1 saturated heterocycles. The maximum absolute atomic E-state index is 12.7. The number of hydrogen-bond acceptors (Lipinski definition) is 5. The van der Waals surface area contributed by atoms with Crippen molar-refractivity contribution >= 4 is 27.3 Å². The van der Waals surface area contributed by atoms with E-state index in [4.69, 9.17) is 4.84 Å². The summed E-state index contributed by atoms with van der Waals surface area (Å²) in [5.41, 5.74) is 1.95. The Morgan fingerprint density at radius 1 is 1.11 bits per heavy atom. The Morgan fingerprint density at radius 2 is 1.81 bits per heavy atom. The van der Waals surface area contributed by atoms with E-state index in [-0.39, 0.29) is 16.4 Å². The molecule has 7 nitrogen and oxygen atoms in total. The SMILES string of the molecule is CON(C)S(=O)(=O)c1cccc(C(=O)Nc2ccccc2N2CCCC2)c1. The lowest BCUT2D eigenvalue weighted by Gasteiger charge is -2.21. The molecule has 0 unspecified atom stereocenters. The van der Waals surface area contributed by atoms with E-state index in [1.807, 2.05) is 24.3 Å². The third kappa shape index (κ3) is 4.13. The predicted octanol–water partition coefficient (Wildman–Crippen LogP) is 2.72. The lowest BCUT2D eigenvalue weighted by Crippen LogP contribution is -2.26. The first-order chi connectivity index (χ1) is 12.9. The fourth-order valence-corrected chi connectivity index (χ4v) is 4.07. The van der Waals surface area contributed by atoms with Gasteiger partial charge in [-0.3, -0.25) is 9.63 Å². The van der Waals surface area contributed by atoms with Gasteiger partial charge in [0.2, 0.25) is 0 Å². The fraction of sp³-hybridized carbons (Fsp3) is 0.316. The molecule has 0 saturated carbocycles. The van der Waals surface area contributed by atoms with Crippen LogP contribution in [0.3, 0.4) is 0 Å². The van der Waals surface area contributed by atoms with Gasteiger partial charge < -0.3 is 10.2 Å². The minimum Gasteiger partial charge on any atom is -0.370 e. The summed E-state index contributed by atoms with van der Waals surface area (Å²) in [5, 5.41) is 2.91. The van der Waals surface area contributed by atoms with E-state index in [0.29, 0.717) is 5.69 Å². The van der Waals surface area contributed by atoms with Crippen LogP contribution < -0.4 is 10.2 Å². The van der Waals surface area contributed by atoms with E-state index in [1.54, 1.807) is 6.07 Å². The summed E-state index contributed by atoms with van der Waals surface area (Å²) in [6.07, 6.45) is 2.27. The minimum atomic E-state index is -3.82. The highest BCUT2D eigenvalue weighted by Crippen LogP contribution is 2.29. The molecular weight excluding hydrogens is 366 g/mol. The first-order valence-electron chi connectivity index (χ1n) is 8.72. The second kappa shape index (κ2) is 8.08. The minimum absolute atomic E-state index is 0.00710. The van der Waals surface area contributed by atoms with Gasteiger partial charge in [0.25, 0.3) is 15.9 Å². The number of benzene rings is 2. The lowest BCUT2D eigenvalue weighted by atomic mass is 10.2. The number of amides is 1. The first-order valence-corrected chi connectivity index (χ1v) is 10.2. The molecule has 0 bridgehead atoms. The van der Waals surface area contributed by atoms with E-state index in [2.05, 4.69) is 10.2 Å². The highest BCUT2D eigenvalue weighted by atomic mass is 32.2. The van der Waals surface area contributed by atoms with Crippen molar-refractivity contribution in [2.75, 3.05) is 37.5 Å². The molecule has 1 aliphatic rings. The van der Waals surface area contributed by atoms with E-state index in [1.165, 1.54) is 32.4 Å². The Kier molecular flexibility index (Phi) is 5.79. The molecule has 1 heterocycles. The highest BCUT2D eigenvalue weighted by Gasteiger charge is 2.22. The third-order valence-corrected chi connectivity index (χ3v) is 6.26. The maximum Gasteiger partial charge on any atom is 0.264 e. The quantitative estimate of drug-likeness (QED) is 0.769. The predicted molar refractivity (Wildman–Crippen MR) is 104 cm³/mol. The third-order valence-electron chi connectivity index (χ3n) is 4.59. The van der Waals surface area contributed by atoms with Crippen LogP contribution >= 0.6 is 0 Å². The number of nitrogens with zero attached hydrogens (tertiary/aromatic N) is 2. The normalized spacial score (nSPS) is 14.6. The number of anilines is 2. The lowest BCUT2D eigenvalue weighted by molar-refractivity contribution is -0.0258. The van der Waals surface area contributed by atoms with Gasteiger partial charge in [0, 0.05) is 25.7 Å². The van der Waals surface area contributed by atoms with Crippen LogP contribution in [0.1, 0.15) is 23.2 Å². The summed E-state index contributed by atoms with van der Waals surface area (Å²) in [5.74, 6) is -0.362. The number of rotatable bonds is 6. The van der Waals surface area contributed by atoms with Gasteiger partial charge in [-0.25, -0.2) is 8.42 Å². The summed E-state index contributed by atoms with van der Waals surface area (Å²) in [4.78, 5) is 19.7. The molecule has 3 rings (SSSR count). The Hall–Kier alpha value is -2.42. The highest BCUT2D eigenvalue weighted by molar-refractivity contribution is 7.89. The van der Waals surface area contributed by atoms with Gasteiger partial charge in [0.15, 0.2) is 0 Å². The summed E-state index contributed by atoms with van der Waals surface area (Å²) >= 11 is 0. The molecule has 1 amide bonds. The second-order valence-corrected chi connectivity index (χ2v) is 8.23. The second-order valence-electron chi connectivity index (χ2n) is 6.29. The summed E-state index contributed by atoms with van der Waals surface area (Å²) < 4.78 is 25.5. The smallest absolute Gasteiger partial charge is 0.264 e. The number of carbonyl (C=O) groups excluding carboxylic acids is 1. The number of carbonyl (C=O) groups is 1. The van der Waals surface area contributed by atoms with Gasteiger partial charge in [0.05, 0.1) is 23.4 Å². The van der Waals surface area contributed by atoms with Crippen molar-refractivity contribution in [3.63, 3.8) is 0 Å². The van der Waals surface area contributed by atoms with E-state index >= 15 is 0 Å². The van der Waals surface area contributed by atoms with Gasteiger partial charge in [-0.2, -0.15) is 0 Å². The van der Waals surface area contributed by atoms with E-state index < -0.39 is 10.0 Å². The Bertz CT molecular complexity index is 924. The van der Waals surface area contributed by atoms with Crippen LogP contribution in [0.4, 0.5) is 11.4 Å². The van der Waals surface area contributed by atoms with Crippen LogP contribution in [-0.4, -0.2) is 46.0 Å². The van der Waals surface area contributed by atoms with Gasteiger partial charge in [0.1, 0.15) is 0 Å². The van der Waals surface area contributed by atoms with Gasteiger partial charge in [-0.15, -0.1) is 0 Å². The van der Waals surface area contributed by atoms with Crippen molar-refractivity contribution < 1.29 is 18.0 Å². The standard InChI is InChI=1S/C19H23N3O4S/c1-21(26-2)27(24,25)16-9-7-8-15(14-16)19(23)20-17-10-3-4-11-18(17)22-12-5-6-13-22/h3-4,7-11,14H,5-6,12-13H2,1-2H3,(H,20,23). The Morgan fingerprint density at radius 3 is 2.52 bits per heavy atom. The van der Waals surface area contributed by atoms with Crippen LogP contribution in [0.15, 0.2) is 53.4 Å². The zero-order chi connectivity index (χ0) is 19.4. The van der Waals surface area contributed by atoms with Crippen LogP contribution in [0.5, 0.6) is 0 Å². The molecule has 1 fully saturated rings. The molecule has 0 aliphatic carbocycles. The van der Waals surface area contributed by atoms with Crippen molar-refractivity contribution in [2.24, 2.45) is 0 Å². The number of para-hydroxylation sites is 2. The maximum atomic E-state index is 12.7. The molecule has 1 N–H and O–H groups in total. The molecule has 1 aliphatic heterocycles. The van der Waals surface area contributed by atoms with E-state index in [9.17, 15) is 13.2 Å². The Balaban J connectivity index is 1.85. The summed E-state index contributed by atoms with van der Waals surface area (Å²) in [6, 6.07) is 13.5.